The molecule has 0 spiro atoms. The van der Waals surface area contributed by atoms with Gasteiger partial charge in [-0.05, 0) is 44.9 Å². The molecule has 2 N–H and O–H groups in total. The third kappa shape index (κ3) is 8.18. The first-order valence-corrected chi connectivity index (χ1v) is 10.2. The topological polar surface area (TPSA) is 52.1 Å². The number of nitrogens with one attached hydrogen (secondary N) is 2. The Hall–Kier alpha value is -1.79. The fourth-order valence-electron chi connectivity index (χ4n) is 3.37. The summed E-state index contributed by atoms with van der Waals surface area (Å²) in [6.07, 6.45) is 2.28. The molecule has 1 unspecified atom stereocenters. The van der Waals surface area contributed by atoms with E-state index in [1.165, 1.54) is 12.1 Å². The first-order valence-electron chi connectivity index (χ1n) is 10.2. The molecule has 152 valence electrons. The standard InChI is InChI=1S/C21H37N5O/c1-4-22-21(23-12-15-25(2)13-8-16-27-3)24-17-19-11-14-26(18-19)20-9-6-5-7-10-20/h5-7,9-10,19H,4,8,11-18H2,1-3H3,(H2,22,23,24). The van der Waals surface area contributed by atoms with E-state index < -0.39 is 0 Å². The molecule has 1 atom stereocenters. The second-order valence-electron chi connectivity index (χ2n) is 7.23. The van der Waals surface area contributed by atoms with E-state index in [-0.39, 0.29) is 0 Å². The van der Waals surface area contributed by atoms with E-state index in [9.17, 15) is 0 Å². The van der Waals surface area contributed by atoms with Crippen LogP contribution < -0.4 is 15.5 Å². The molecule has 0 amide bonds. The third-order valence-corrected chi connectivity index (χ3v) is 4.93. The van der Waals surface area contributed by atoms with E-state index in [2.05, 4.69) is 64.7 Å². The molecule has 6 nitrogen and oxygen atoms in total. The van der Waals surface area contributed by atoms with Crippen molar-refractivity contribution >= 4 is 11.6 Å². The van der Waals surface area contributed by atoms with Crippen molar-refractivity contribution in [1.82, 2.24) is 15.5 Å². The summed E-state index contributed by atoms with van der Waals surface area (Å²) in [6.45, 7) is 9.87. The Bertz CT molecular complexity index is 537. The molecule has 27 heavy (non-hydrogen) atoms. The zero-order valence-electron chi connectivity index (χ0n) is 17.3. The second kappa shape index (κ2) is 12.6. The van der Waals surface area contributed by atoms with Crippen LogP contribution in [0.15, 0.2) is 35.3 Å². The Morgan fingerprint density at radius 3 is 2.81 bits per heavy atom. The fourth-order valence-corrected chi connectivity index (χ4v) is 3.37. The van der Waals surface area contributed by atoms with Crippen LogP contribution in [0.2, 0.25) is 0 Å². The van der Waals surface area contributed by atoms with Gasteiger partial charge in [-0.3, -0.25) is 4.99 Å². The van der Waals surface area contributed by atoms with Gasteiger partial charge in [-0.2, -0.15) is 0 Å². The van der Waals surface area contributed by atoms with E-state index in [1.807, 2.05) is 0 Å². The van der Waals surface area contributed by atoms with Crippen LogP contribution in [0.5, 0.6) is 0 Å². The maximum atomic E-state index is 5.11. The molecule has 1 aliphatic heterocycles. The number of hydrogen-bond donors (Lipinski definition) is 2. The molecule has 1 fully saturated rings. The van der Waals surface area contributed by atoms with Gasteiger partial charge in [0.15, 0.2) is 5.96 Å². The number of guanidine groups is 1. The van der Waals surface area contributed by atoms with Crippen molar-refractivity contribution in [2.45, 2.75) is 19.8 Å². The summed E-state index contributed by atoms with van der Waals surface area (Å²) in [5.74, 6) is 1.55. The number of methoxy groups -OCH3 is 1. The quantitative estimate of drug-likeness (QED) is 0.352. The normalized spacial score (nSPS) is 17.6. The number of nitrogens with zero attached hydrogens (tertiary/aromatic N) is 3. The molecule has 0 aliphatic carbocycles. The average molecular weight is 376 g/mol. The van der Waals surface area contributed by atoms with Gasteiger partial charge in [0.25, 0.3) is 0 Å². The molecule has 6 heteroatoms. The largest absolute Gasteiger partial charge is 0.385 e. The fraction of sp³-hybridized carbons (Fsp3) is 0.667. The summed E-state index contributed by atoms with van der Waals surface area (Å²) in [5, 5.41) is 6.82. The van der Waals surface area contributed by atoms with Crippen LogP contribution in [0, 0.1) is 5.92 Å². The molecule has 0 aromatic heterocycles. The molecule has 1 aliphatic rings. The highest BCUT2D eigenvalue weighted by atomic mass is 16.5. The minimum atomic E-state index is 0.623. The zero-order valence-corrected chi connectivity index (χ0v) is 17.3. The summed E-state index contributed by atoms with van der Waals surface area (Å²) < 4.78 is 5.11. The predicted molar refractivity (Wildman–Crippen MR) is 115 cm³/mol. The summed E-state index contributed by atoms with van der Waals surface area (Å²) in [5.41, 5.74) is 1.32. The predicted octanol–water partition coefficient (Wildman–Crippen LogP) is 2.04. The highest BCUT2D eigenvalue weighted by Gasteiger charge is 2.22. The van der Waals surface area contributed by atoms with Crippen molar-refractivity contribution < 1.29 is 4.74 Å². The summed E-state index contributed by atoms with van der Waals surface area (Å²) in [7, 11) is 3.90. The van der Waals surface area contributed by atoms with Gasteiger partial charge in [-0.25, -0.2) is 0 Å². The van der Waals surface area contributed by atoms with Gasteiger partial charge < -0.3 is 25.2 Å². The minimum Gasteiger partial charge on any atom is -0.385 e. The zero-order chi connectivity index (χ0) is 19.3. The Labute approximate surface area is 165 Å². The van der Waals surface area contributed by atoms with Gasteiger partial charge >= 0.3 is 0 Å². The second-order valence-corrected chi connectivity index (χ2v) is 7.23. The lowest BCUT2D eigenvalue weighted by atomic mass is 10.1. The molecule has 0 radical (unpaired) electrons. The monoisotopic (exact) mass is 375 g/mol. The maximum absolute atomic E-state index is 5.11. The van der Waals surface area contributed by atoms with E-state index in [1.54, 1.807) is 7.11 Å². The highest BCUT2D eigenvalue weighted by molar-refractivity contribution is 5.79. The number of hydrogen-bond acceptors (Lipinski definition) is 4. The molecular weight excluding hydrogens is 338 g/mol. The van der Waals surface area contributed by atoms with Crippen LogP contribution >= 0.6 is 0 Å². The van der Waals surface area contributed by atoms with E-state index >= 15 is 0 Å². The van der Waals surface area contributed by atoms with Crippen molar-refractivity contribution in [3.63, 3.8) is 0 Å². The van der Waals surface area contributed by atoms with Gasteiger partial charge in [-0.15, -0.1) is 0 Å². The van der Waals surface area contributed by atoms with Crippen LogP contribution in [0.4, 0.5) is 5.69 Å². The lowest BCUT2D eigenvalue weighted by molar-refractivity contribution is 0.180. The van der Waals surface area contributed by atoms with Crippen molar-refractivity contribution in [1.29, 1.82) is 0 Å². The third-order valence-electron chi connectivity index (χ3n) is 4.93. The molecule has 1 heterocycles. The Morgan fingerprint density at radius 1 is 1.26 bits per heavy atom. The number of para-hydroxylation sites is 1. The Kier molecular flexibility index (Phi) is 10.0. The van der Waals surface area contributed by atoms with Crippen LogP contribution in [-0.2, 0) is 4.74 Å². The molecule has 1 aromatic rings. The van der Waals surface area contributed by atoms with Crippen molar-refractivity contribution in [3.8, 4) is 0 Å². The summed E-state index contributed by atoms with van der Waals surface area (Å²) in [6, 6.07) is 10.7. The number of likely N-dealkylation sites (N-methyl/N-ethyl adjacent to an activating group) is 1. The van der Waals surface area contributed by atoms with Crippen molar-refractivity contribution in [2.24, 2.45) is 10.9 Å². The van der Waals surface area contributed by atoms with Crippen LogP contribution in [0.1, 0.15) is 19.8 Å². The molecule has 1 saturated heterocycles. The minimum absolute atomic E-state index is 0.623. The van der Waals surface area contributed by atoms with Gasteiger partial charge in [0.2, 0.25) is 0 Å². The van der Waals surface area contributed by atoms with E-state index in [0.717, 1.165) is 64.8 Å². The number of rotatable bonds is 11. The van der Waals surface area contributed by atoms with Crippen LogP contribution in [-0.4, -0.2) is 77.4 Å². The van der Waals surface area contributed by atoms with Gasteiger partial charge in [0, 0.05) is 65.2 Å². The summed E-state index contributed by atoms with van der Waals surface area (Å²) >= 11 is 0. The maximum Gasteiger partial charge on any atom is 0.191 e. The molecule has 0 bridgehead atoms. The number of benzene rings is 1. The number of anilines is 1. The molecule has 1 aromatic carbocycles. The molecule has 0 saturated carbocycles. The highest BCUT2D eigenvalue weighted by Crippen LogP contribution is 2.23. The van der Waals surface area contributed by atoms with Crippen LogP contribution in [0.3, 0.4) is 0 Å². The van der Waals surface area contributed by atoms with Crippen molar-refractivity contribution in [3.05, 3.63) is 30.3 Å². The average Bonchev–Trinajstić information content (AvgIpc) is 3.16. The van der Waals surface area contributed by atoms with Crippen LogP contribution in [0.25, 0.3) is 0 Å². The lowest BCUT2D eigenvalue weighted by Gasteiger charge is -2.19. The number of ether oxygens (including phenoxy) is 1. The first-order chi connectivity index (χ1) is 13.2. The first kappa shape index (κ1) is 21.5. The lowest BCUT2D eigenvalue weighted by Crippen LogP contribution is -2.41. The SMILES string of the molecule is CCNC(=NCC1CCN(c2ccccc2)C1)NCCN(C)CCCOC. The van der Waals surface area contributed by atoms with Crippen molar-refractivity contribution in [2.75, 3.05) is 71.5 Å². The Balaban J connectivity index is 1.71. The molecular formula is C21H37N5O. The van der Waals surface area contributed by atoms with Gasteiger partial charge in [-0.1, -0.05) is 18.2 Å². The number of aliphatic imine (C=N–C) groups is 1. The van der Waals surface area contributed by atoms with Gasteiger partial charge in [0.1, 0.15) is 0 Å². The smallest absolute Gasteiger partial charge is 0.191 e. The van der Waals surface area contributed by atoms with Gasteiger partial charge in [0.05, 0.1) is 0 Å². The summed E-state index contributed by atoms with van der Waals surface area (Å²) in [4.78, 5) is 9.62. The van der Waals surface area contributed by atoms with E-state index in [4.69, 9.17) is 9.73 Å². The molecule has 2 rings (SSSR count). The Morgan fingerprint density at radius 2 is 2.07 bits per heavy atom. The van der Waals surface area contributed by atoms with E-state index in [0.29, 0.717) is 5.92 Å².